The van der Waals surface area contributed by atoms with Gasteiger partial charge >= 0.3 is 0 Å². The van der Waals surface area contributed by atoms with E-state index in [1.807, 2.05) is 23.2 Å². The van der Waals surface area contributed by atoms with Crippen molar-refractivity contribution in [2.24, 2.45) is 0 Å². The Morgan fingerprint density at radius 2 is 1.71 bits per heavy atom. The van der Waals surface area contributed by atoms with Crippen molar-refractivity contribution in [1.82, 2.24) is 15.1 Å². The normalized spacial score (nSPS) is 20.4. The summed E-state index contributed by atoms with van der Waals surface area (Å²) in [7, 11) is 0. The largest absolute Gasteiger partial charge is 0.484 e. The molecule has 0 saturated carbocycles. The average molecular weight is 464 g/mol. The van der Waals surface area contributed by atoms with Gasteiger partial charge in [-0.3, -0.25) is 24.6 Å². The van der Waals surface area contributed by atoms with Crippen molar-refractivity contribution in [2.45, 2.75) is 71.8 Å². The highest BCUT2D eigenvalue weighted by molar-refractivity contribution is 6.06. The lowest BCUT2D eigenvalue weighted by atomic mass is 10.00. The van der Waals surface area contributed by atoms with Gasteiger partial charge in [0.05, 0.1) is 0 Å². The summed E-state index contributed by atoms with van der Waals surface area (Å²) in [5.74, 6) is -0.369. The lowest BCUT2D eigenvalue weighted by Gasteiger charge is -2.30. The number of nitrogens with zero attached hydrogens (tertiary/aromatic N) is 2. The van der Waals surface area contributed by atoms with Crippen molar-refractivity contribution in [1.29, 1.82) is 0 Å². The van der Waals surface area contributed by atoms with Gasteiger partial charge in [-0.1, -0.05) is 24.3 Å². The van der Waals surface area contributed by atoms with E-state index in [0.29, 0.717) is 43.8 Å². The van der Waals surface area contributed by atoms with E-state index in [2.05, 4.69) is 50.0 Å². The first-order valence-corrected chi connectivity index (χ1v) is 12.0. The van der Waals surface area contributed by atoms with Crippen LogP contribution in [-0.4, -0.2) is 52.1 Å². The first-order valence-electron chi connectivity index (χ1n) is 12.0. The maximum atomic E-state index is 12.6. The Kier molecular flexibility index (Phi) is 7.03. The van der Waals surface area contributed by atoms with E-state index >= 15 is 0 Å². The van der Waals surface area contributed by atoms with Gasteiger partial charge in [0.2, 0.25) is 17.6 Å². The molecule has 1 aromatic rings. The number of piperidine rings is 1. The summed E-state index contributed by atoms with van der Waals surface area (Å²) in [5.41, 5.74) is 3.89. The van der Waals surface area contributed by atoms with Crippen LogP contribution in [0.4, 0.5) is 0 Å². The number of ether oxygens (including phenoxy) is 1. The fraction of sp³-hybridized carbons (Fsp3) is 0.444. The Bertz CT molecular complexity index is 1060. The molecule has 0 radical (unpaired) electrons. The zero-order valence-corrected chi connectivity index (χ0v) is 20.3. The van der Waals surface area contributed by atoms with E-state index in [0.717, 1.165) is 23.3 Å². The lowest BCUT2D eigenvalue weighted by Crippen LogP contribution is -2.50. The molecule has 0 spiro atoms. The van der Waals surface area contributed by atoms with E-state index in [1.165, 1.54) is 11.6 Å². The molecule has 0 bridgehead atoms. The second-order valence-electron chi connectivity index (χ2n) is 9.69. The van der Waals surface area contributed by atoms with Crippen LogP contribution in [-0.2, 0) is 32.3 Å². The molecular weight excluding hydrogens is 430 g/mol. The molecule has 3 aliphatic rings. The Labute approximate surface area is 201 Å². The standard InChI is InChI=1S/C27H33N3O4/c1-17(2)30(18(3)4)13-19-5-7-20(8-6-19)16-34-26-22-15-29(14-21(22)9-11-24(26)31)23-10-12-25(32)28-27(23)33/h5-9,11,14,17-18,23H,10,12-13,15-16H2,1-4H3,(H,28,32,33). The quantitative estimate of drug-likeness (QED) is 0.597. The molecule has 2 aliphatic heterocycles. The van der Waals surface area contributed by atoms with Crippen molar-refractivity contribution in [3.05, 3.63) is 70.6 Å². The van der Waals surface area contributed by atoms with Crippen LogP contribution in [0, 0.1) is 0 Å². The van der Waals surface area contributed by atoms with E-state index in [-0.39, 0.29) is 17.6 Å². The number of rotatable bonds is 8. The number of ketones is 1. The van der Waals surface area contributed by atoms with E-state index in [1.54, 1.807) is 6.08 Å². The highest BCUT2D eigenvalue weighted by Gasteiger charge is 2.36. The number of imide groups is 1. The first-order chi connectivity index (χ1) is 16.2. The Hall–Kier alpha value is -3.19. The van der Waals surface area contributed by atoms with Crippen LogP contribution in [0.15, 0.2) is 59.5 Å². The summed E-state index contributed by atoms with van der Waals surface area (Å²) in [6.07, 6.45) is 5.93. The molecule has 7 nitrogen and oxygen atoms in total. The molecule has 34 heavy (non-hydrogen) atoms. The Balaban J connectivity index is 1.42. The summed E-state index contributed by atoms with van der Waals surface area (Å²) in [4.78, 5) is 40.7. The molecule has 1 unspecified atom stereocenters. The predicted molar refractivity (Wildman–Crippen MR) is 129 cm³/mol. The van der Waals surface area contributed by atoms with Gasteiger partial charge in [0.1, 0.15) is 12.6 Å². The molecule has 1 saturated heterocycles. The smallest absolute Gasteiger partial charge is 0.249 e. The Morgan fingerprint density at radius 1 is 1.03 bits per heavy atom. The number of benzene rings is 1. The molecule has 1 aliphatic carbocycles. The number of allylic oxidation sites excluding steroid dienone is 2. The van der Waals surface area contributed by atoms with Gasteiger partial charge in [0.15, 0.2) is 5.76 Å². The van der Waals surface area contributed by atoms with Gasteiger partial charge in [0, 0.05) is 43.4 Å². The summed E-state index contributed by atoms with van der Waals surface area (Å²) in [5, 5.41) is 2.40. The van der Waals surface area contributed by atoms with Crippen molar-refractivity contribution in [3.63, 3.8) is 0 Å². The molecule has 180 valence electrons. The van der Waals surface area contributed by atoms with Crippen molar-refractivity contribution >= 4 is 17.6 Å². The number of hydrogen-bond donors (Lipinski definition) is 1. The number of nitrogens with one attached hydrogen (secondary N) is 1. The third-order valence-corrected chi connectivity index (χ3v) is 6.61. The minimum Gasteiger partial charge on any atom is -0.484 e. The van der Waals surface area contributed by atoms with Gasteiger partial charge in [0.25, 0.3) is 0 Å². The van der Waals surface area contributed by atoms with Gasteiger partial charge in [-0.25, -0.2) is 0 Å². The summed E-state index contributed by atoms with van der Waals surface area (Å²) < 4.78 is 6.02. The van der Waals surface area contributed by atoms with Crippen LogP contribution in [0.25, 0.3) is 0 Å². The first kappa shape index (κ1) is 24.0. The van der Waals surface area contributed by atoms with Crippen molar-refractivity contribution < 1.29 is 19.1 Å². The monoisotopic (exact) mass is 463 g/mol. The van der Waals surface area contributed by atoms with Crippen LogP contribution in [0.5, 0.6) is 0 Å². The third-order valence-electron chi connectivity index (χ3n) is 6.61. The number of carbonyl (C=O) groups excluding carboxylic acids is 3. The number of carbonyl (C=O) groups is 3. The second-order valence-corrected chi connectivity index (χ2v) is 9.69. The summed E-state index contributed by atoms with van der Waals surface area (Å²) in [6.45, 7) is 10.4. The molecular formula is C27H33N3O4. The molecule has 1 atom stereocenters. The van der Waals surface area contributed by atoms with E-state index < -0.39 is 6.04 Å². The molecule has 0 aromatic heterocycles. The van der Waals surface area contributed by atoms with Crippen LogP contribution >= 0.6 is 0 Å². The maximum absolute atomic E-state index is 12.6. The maximum Gasteiger partial charge on any atom is 0.249 e. The third kappa shape index (κ3) is 5.14. The fourth-order valence-corrected chi connectivity index (χ4v) is 4.74. The fourth-order valence-electron chi connectivity index (χ4n) is 4.74. The van der Waals surface area contributed by atoms with Gasteiger partial charge < -0.3 is 9.64 Å². The number of hydrogen-bond acceptors (Lipinski definition) is 6. The minimum atomic E-state index is -0.420. The van der Waals surface area contributed by atoms with E-state index in [4.69, 9.17) is 4.74 Å². The summed E-state index contributed by atoms with van der Waals surface area (Å²) >= 11 is 0. The molecule has 7 heteroatoms. The molecule has 2 amide bonds. The average Bonchev–Trinajstić information content (AvgIpc) is 3.21. The number of amides is 2. The zero-order valence-electron chi connectivity index (χ0n) is 20.3. The molecule has 1 fully saturated rings. The second kappa shape index (κ2) is 9.97. The minimum absolute atomic E-state index is 0.168. The molecule has 2 heterocycles. The van der Waals surface area contributed by atoms with Gasteiger partial charge in [-0.15, -0.1) is 0 Å². The van der Waals surface area contributed by atoms with Crippen molar-refractivity contribution in [2.75, 3.05) is 6.54 Å². The van der Waals surface area contributed by atoms with Crippen LogP contribution in [0.2, 0.25) is 0 Å². The molecule has 4 rings (SSSR count). The van der Waals surface area contributed by atoms with Crippen LogP contribution < -0.4 is 5.32 Å². The topological polar surface area (TPSA) is 79.0 Å². The highest BCUT2D eigenvalue weighted by atomic mass is 16.5. The zero-order chi connectivity index (χ0) is 24.4. The van der Waals surface area contributed by atoms with Crippen molar-refractivity contribution in [3.8, 4) is 0 Å². The van der Waals surface area contributed by atoms with Gasteiger partial charge in [-0.05, 0) is 63.0 Å². The SMILES string of the molecule is CC(C)N(Cc1ccc(COC2=C3CN(C4CCC(=O)NC4=O)C=C3C=CC2=O)cc1)C(C)C. The number of fused-ring (bicyclic) bond motifs is 1. The van der Waals surface area contributed by atoms with Gasteiger partial charge in [-0.2, -0.15) is 0 Å². The van der Waals surface area contributed by atoms with E-state index in [9.17, 15) is 14.4 Å². The molecule has 1 aromatic carbocycles. The predicted octanol–water partition coefficient (Wildman–Crippen LogP) is 3.22. The summed E-state index contributed by atoms with van der Waals surface area (Å²) in [6, 6.07) is 8.83. The lowest BCUT2D eigenvalue weighted by molar-refractivity contribution is -0.136. The van der Waals surface area contributed by atoms with Crippen LogP contribution in [0.3, 0.4) is 0 Å². The van der Waals surface area contributed by atoms with Crippen LogP contribution in [0.1, 0.15) is 51.7 Å². The highest BCUT2D eigenvalue weighted by Crippen LogP contribution is 2.32. The molecule has 1 N–H and O–H groups in total. The Morgan fingerprint density at radius 3 is 2.35 bits per heavy atom.